The van der Waals surface area contributed by atoms with Gasteiger partial charge in [-0.2, -0.15) is 0 Å². The topological polar surface area (TPSA) is 58.2 Å². The summed E-state index contributed by atoms with van der Waals surface area (Å²) in [7, 11) is -1.80. The number of rotatable bonds is 5. The van der Waals surface area contributed by atoms with Crippen molar-refractivity contribution >= 4 is 44.6 Å². The Morgan fingerprint density at radius 3 is 2.53 bits per heavy atom. The van der Waals surface area contributed by atoms with E-state index in [9.17, 15) is 8.42 Å². The van der Waals surface area contributed by atoms with Gasteiger partial charge in [0.05, 0.1) is 4.34 Å². The molecular formula is C7H10Cl2N2O2S2. The van der Waals surface area contributed by atoms with E-state index < -0.39 is 10.0 Å². The molecule has 0 atom stereocenters. The van der Waals surface area contributed by atoms with Gasteiger partial charge in [0.2, 0.25) is 10.0 Å². The molecule has 0 aliphatic heterocycles. The summed E-state index contributed by atoms with van der Waals surface area (Å²) < 4.78 is 26.3. The van der Waals surface area contributed by atoms with Crippen LogP contribution in [-0.4, -0.2) is 28.6 Å². The van der Waals surface area contributed by atoms with E-state index >= 15 is 0 Å². The van der Waals surface area contributed by atoms with Crippen molar-refractivity contribution < 1.29 is 8.42 Å². The van der Waals surface area contributed by atoms with Crippen LogP contribution >= 0.6 is 34.5 Å². The predicted molar refractivity (Wildman–Crippen MR) is 63.5 cm³/mol. The minimum atomic E-state index is -3.54. The molecule has 0 fully saturated rings. The van der Waals surface area contributed by atoms with Gasteiger partial charge in [0.1, 0.15) is 9.23 Å². The maximum atomic E-state index is 11.7. The Morgan fingerprint density at radius 1 is 1.40 bits per heavy atom. The second-order valence-electron chi connectivity index (χ2n) is 2.69. The first-order valence-corrected chi connectivity index (χ1v) is 7.12. The zero-order valence-corrected chi connectivity index (χ0v) is 11.0. The van der Waals surface area contributed by atoms with E-state index in [1.807, 2.05) is 0 Å². The van der Waals surface area contributed by atoms with Crippen molar-refractivity contribution in [2.45, 2.75) is 4.90 Å². The van der Waals surface area contributed by atoms with Crippen molar-refractivity contribution in [2.24, 2.45) is 0 Å². The van der Waals surface area contributed by atoms with Gasteiger partial charge in [0, 0.05) is 13.1 Å². The van der Waals surface area contributed by atoms with Gasteiger partial charge in [-0.15, -0.1) is 11.3 Å². The van der Waals surface area contributed by atoms with Crippen molar-refractivity contribution in [3.8, 4) is 0 Å². The first kappa shape index (κ1) is 13.2. The predicted octanol–water partition coefficient (Wildman–Crippen LogP) is 1.55. The van der Waals surface area contributed by atoms with E-state index in [4.69, 9.17) is 23.2 Å². The Kier molecular flexibility index (Phi) is 4.82. The van der Waals surface area contributed by atoms with Crippen LogP contribution in [0.4, 0.5) is 0 Å². The fourth-order valence-corrected chi connectivity index (χ4v) is 4.08. The number of nitrogens with one attached hydrogen (secondary N) is 2. The average Bonchev–Trinajstić information content (AvgIpc) is 2.46. The largest absolute Gasteiger partial charge is 0.318 e. The Bertz CT molecular complexity index is 430. The molecule has 0 spiro atoms. The number of likely N-dealkylation sites (N-methyl/N-ethyl adjacent to an activating group) is 1. The highest BCUT2D eigenvalue weighted by Gasteiger charge is 2.19. The van der Waals surface area contributed by atoms with Crippen LogP contribution in [0, 0.1) is 0 Å². The highest BCUT2D eigenvalue weighted by Crippen LogP contribution is 2.33. The Hall–Kier alpha value is 0.150. The number of thiophene rings is 1. The van der Waals surface area contributed by atoms with Crippen molar-refractivity contribution in [1.29, 1.82) is 0 Å². The minimum Gasteiger partial charge on any atom is -0.318 e. The standard InChI is InChI=1S/C7H10Cl2N2O2S2/c1-10-2-3-11-15(12,13)5-4-6(8)14-7(5)9/h4,10-11H,2-3H2,1H3. The van der Waals surface area contributed by atoms with Gasteiger partial charge in [-0.1, -0.05) is 23.2 Å². The molecule has 0 radical (unpaired) electrons. The molecule has 8 heteroatoms. The van der Waals surface area contributed by atoms with Crippen LogP contribution in [0.15, 0.2) is 11.0 Å². The molecule has 1 heterocycles. The Balaban J connectivity index is 2.82. The molecule has 0 bridgehead atoms. The quantitative estimate of drug-likeness (QED) is 0.809. The van der Waals surface area contributed by atoms with Crippen molar-refractivity contribution in [3.63, 3.8) is 0 Å². The van der Waals surface area contributed by atoms with E-state index in [2.05, 4.69) is 10.0 Å². The number of halogens is 2. The van der Waals surface area contributed by atoms with E-state index in [1.54, 1.807) is 7.05 Å². The first-order chi connectivity index (χ1) is 6.97. The number of sulfonamides is 1. The van der Waals surface area contributed by atoms with Gasteiger partial charge in [-0.05, 0) is 13.1 Å². The van der Waals surface area contributed by atoms with Crippen LogP contribution in [0.1, 0.15) is 0 Å². The molecule has 0 unspecified atom stereocenters. The second kappa shape index (κ2) is 5.47. The van der Waals surface area contributed by atoms with E-state index in [-0.39, 0.29) is 9.23 Å². The summed E-state index contributed by atoms with van der Waals surface area (Å²) in [5.41, 5.74) is 0. The van der Waals surface area contributed by atoms with Gasteiger partial charge in [0.25, 0.3) is 0 Å². The highest BCUT2D eigenvalue weighted by molar-refractivity contribution is 7.89. The molecule has 0 amide bonds. The van der Waals surface area contributed by atoms with Crippen molar-refractivity contribution in [2.75, 3.05) is 20.1 Å². The van der Waals surface area contributed by atoms with E-state index in [0.29, 0.717) is 17.4 Å². The SMILES string of the molecule is CNCCNS(=O)(=O)c1cc(Cl)sc1Cl. The highest BCUT2D eigenvalue weighted by atomic mass is 35.5. The lowest BCUT2D eigenvalue weighted by molar-refractivity contribution is 0.580. The molecule has 0 saturated heterocycles. The number of hydrogen-bond acceptors (Lipinski definition) is 4. The van der Waals surface area contributed by atoms with Gasteiger partial charge in [-0.3, -0.25) is 0 Å². The van der Waals surface area contributed by atoms with Gasteiger partial charge >= 0.3 is 0 Å². The lowest BCUT2D eigenvalue weighted by atomic mass is 10.7. The fourth-order valence-electron chi connectivity index (χ4n) is 0.897. The summed E-state index contributed by atoms with van der Waals surface area (Å²) in [6.07, 6.45) is 0. The molecule has 15 heavy (non-hydrogen) atoms. The van der Waals surface area contributed by atoms with Gasteiger partial charge in [0.15, 0.2) is 0 Å². The maximum Gasteiger partial charge on any atom is 0.243 e. The lowest BCUT2D eigenvalue weighted by Gasteiger charge is -2.04. The maximum absolute atomic E-state index is 11.7. The molecule has 1 rings (SSSR count). The third-order valence-corrected chi connectivity index (χ3v) is 4.80. The molecule has 2 N–H and O–H groups in total. The van der Waals surface area contributed by atoms with Gasteiger partial charge < -0.3 is 5.32 Å². The molecule has 0 aliphatic rings. The zero-order valence-electron chi connectivity index (χ0n) is 7.88. The molecule has 1 aromatic rings. The van der Waals surface area contributed by atoms with Crippen LogP contribution in [0.2, 0.25) is 8.67 Å². The minimum absolute atomic E-state index is 0.0373. The smallest absolute Gasteiger partial charge is 0.243 e. The van der Waals surface area contributed by atoms with E-state index in [1.165, 1.54) is 6.07 Å². The normalized spacial score (nSPS) is 11.9. The van der Waals surface area contributed by atoms with Crippen molar-refractivity contribution in [3.05, 3.63) is 14.7 Å². The molecule has 0 aliphatic carbocycles. The summed E-state index contributed by atoms with van der Waals surface area (Å²) in [6.45, 7) is 0.858. The van der Waals surface area contributed by atoms with E-state index in [0.717, 1.165) is 11.3 Å². The lowest BCUT2D eigenvalue weighted by Crippen LogP contribution is -2.30. The summed E-state index contributed by atoms with van der Waals surface area (Å²) in [6, 6.07) is 1.34. The molecule has 86 valence electrons. The second-order valence-corrected chi connectivity index (χ2v) is 6.71. The molecule has 1 aromatic heterocycles. The monoisotopic (exact) mass is 288 g/mol. The summed E-state index contributed by atoms with van der Waals surface area (Å²) in [5.74, 6) is 0. The Labute approximate surface area is 103 Å². The third-order valence-electron chi connectivity index (χ3n) is 1.58. The molecule has 0 saturated carbocycles. The first-order valence-electron chi connectivity index (χ1n) is 4.06. The van der Waals surface area contributed by atoms with Crippen LogP contribution in [-0.2, 0) is 10.0 Å². The molecular weight excluding hydrogens is 279 g/mol. The molecule has 0 aromatic carbocycles. The van der Waals surface area contributed by atoms with Crippen molar-refractivity contribution in [1.82, 2.24) is 10.0 Å². The Morgan fingerprint density at radius 2 is 2.07 bits per heavy atom. The van der Waals surface area contributed by atoms with Crippen LogP contribution < -0.4 is 10.0 Å². The average molecular weight is 289 g/mol. The summed E-state index contributed by atoms with van der Waals surface area (Å²) in [5, 5.41) is 2.83. The summed E-state index contributed by atoms with van der Waals surface area (Å²) in [4.78, 5) is 0.0373. The molecule has 4 nitrogen and oxygen atoms in total. The number of hydrogen-bond donors (Lipinski definition) is 2. The van der Waals surface area contributed by atoms with Crippen LogP contribution in [0.5, 0.6) is 0 Å². The fraction of sp³-hybridized carbons (Fsp3) is 0.429. The van der Waals surface area contributed by atoms with Crippen LogP contribution in [0.3, 0.4) is 0 Å². The van der Waals surface area contributed by atoms with Crippen LogP contribution in [0.25, 0.3) is 0 Å². The third kappa shape index (κ3) is 3.58. The zero-order chi connectivity index (χ0) is 11.5. The summed E-state index contributed by atoms with van der Waals surface area (Å²) >= 11 is 12.4. The van der Waals surface area contributed by atoms with Gasteiger partial charge in [-0.25, -0.2) is 13.1 Å².